The molecular weight excluding hydrogens is 424 g/mol. The van der Waals surface area contributed by atoms with Crippen LogP contribution in [-0.2, 0) is 17.6 Å². The minimum absolute atomic E-state index is 0.0224. The summed E-state index contributed by atoms with van der Waals surface area (Å²) in [6, 6.07) is 17.7. The van der Waals surface area contributed by atoms with Crippen molar-refractivity contribution in [2.75, 3.05) is 0 Å². The van der Waals surface area contributed by atoms with E-state index in [0.29, 0.717) is 5.75 Å². The van der Waals surface area contributed by atoms with Gasteiger partial charge in [-0.1, -0.05) is 54.6 Å². The number of hydrogen-bond donors (Lipinski definition) is 1. The van der Waals surface area contributed by atoms with Crippen molar-refractivity contribution in [1.82, 2.24) is 0 Å². The van der Waals surface area contributed by atoms with E-state index in [9.17, 15) is 9.59 Å². The second-order valence-corrected chi connectivity index (χ2v) is 8.88. The molecule has 3 aliphatic rings. The third kappa shape index (κ3) is 3.39. The van der Waals surface area contributed by atoms with E-state index in [-0.39, 0.29) is 12.2 Å². The van der Waals surface area contributed by atoms with Gasteiger partial charge in [-0.3, -0.25) is 9.59 Å². The van der Waals surface area contributed by atoms with Gasteiger partial charge in [-0.25, -0.2) is 0 Å². The Hall–Kier alpha value is -4.18. The highest BCUT2D eigenvalue weighted by molar-refractivity contribution is 6.18. The zero-order chi connectivity index (χ0) is 23.2. The van der Waals surface area contributed by atoms with Crippen LogP contribution < -0.4 is 15.2 Å². The fourth-order valence-electron chi connectivity index (χ4n) is 5.27. The van der Waals surface area contributed by atoms with Gasteiger partial charge in [0.15, 0.2) is 5.78 Å². The summed E-state index contributed by atoms with van der Waals surface area (Å²) in [5.74, 6) is 0.683. The lowest BCUT2D eigenvalue weighted by Crippen LogP contribution is -2.26. The van der Waals surface area contributed by atoms with E-state index in [4.69, 9.17) is 9.84 Å². The molecule has 0 saturated heterocycles. The lowest BCUT2D eigenvalue weighted by molar-refractivity contribution is -0.136. The van der Waals surface area contributed by atoms with Crippen LogP contribution in [0.1, 0.15) is 39.9 Å². The number of allylic oxidation sites excluding steroid dienone is 3. The molecule has 1 N–H and O–H groups in total. The van der Waals surface area contributed by atoms with Crippen LogP contribution in [0.4, 0.5) is 0 Å². The molecule has 2 aliphatic carbocycles. The SMILES string of the molecule is O=C(O)Cc1ccc2c(c1)C=CC=C(C1=c3ccc4c(c3CCC1)C(=O)C=c1ccccc1=4)O2. The zero-order valence-corrected chi connectivity index (χ0v) is 18.5. The van der Waals surface area contributed by atoms with Crippen molar-refractivity contribution in [3.8, 4) is 5.75 Å². The lowest BCUT2D eigenvalue weighted by atomic mass is 9.85. The highest BCUT2D eigenvalue weighted by Gasteiger charge is 2.23. The van der Waals surface area contributed by atoms with Gasteiger partial charge in [0.2, 0.25) is 0 Å². The molecule has 0 bridgehead atoms. The first-order valence-corrected chi connectivity index (χ1v) is 11.5. The smallest absolute Gasteiger partial charge is 0.307 e. The predicted molar refractivity (Wildman–Crippen MR) is 130 cm³/mol. The number of fused-ring (bicyclic) bond motifs is 5. The number of aliphatic carboxylic acids is 1. The summed E-state index contributed by atoms with van der Waals surface area (Å²) in [4.78, 5) is 24.3. The number of ether oxygens (including phenoxy) is 1. The van der Waals surface area contributed by atoms with Crippen molar-refractivity contribution in [1.29, 1.82) is 0 Å². The van der Waals surface area contributed by atoms with Crippen molar-refractivity contribution >= 4 is 29.5 Å². The number of carboxylic acids is 1. The van der Waals surface area contributed by atoms with Crippen LogP contribution in [0.2, 0.25) is 0 Å². The summed E-state index contributed by atoms with van der Waals surface area (Å²) in [5, 5.41) is 13.3. The second kappa shape index (κ2) is 7.99. The zero-order valence-electron chi connectivity index (χ0n) is 18.5. The van der Waals surface area contributed by atoms with Gasteiger partial charge in [0, 0.05) is 16.7 Å². The maximum Gasteiger partial charge on any atom is 0.307 e. The Morgan fingerprint density at radius 2 is 1.82 bits per heavy atom. The van der Waals surface area contributed by atoms with Gasteiger partial charge in [-0.05, 0) is 75.5 Å². The molecule has 4 nitrogen and oxygen atoms in total. The van der Waals surface area contributed by atoms with Crippen molar-refractivity contribution < 1.29 is 19.4 Å². The summed E-state index contributed by atoms with van der Waals surface area (Å²) < 4.78 is 6.36. The molecule has 4 heteroatoms. The summed E-state index contributed by atoms with van der Waals surface area (Å²) in [6.45, 7) is 0. The Balaban J connectivity index is 1.50. The van der Waals surface area contributed by atoms with Crippen LogP contribution in [0, 0.1) is 10.4 Å². The average molecular weight is 447 g/mol. The summed E-state index contributed by atoms with van der Waals surface area (Å²) in [7, 11) is 0. The largest absolute Gasteiger partial charge is 0.481 e. The third-order valence-corrected chi connectivity index (χ3v) is 6.75. The number of hydrogen-bond acceptors (Lipinski definition) is 3. The van der Waals surface area contributed by atoms with Crippen LogP contribution in [0.5, 0.6) is 5.75 Å². The Bertz CT molecular complexity index is 1670. The fourth-order valence-corrected chi connectivity index (χ4v) is 5.27. The number of carboxylic acid groups (broad SMARTS) is 1. The molecule has 6 rings (SSSR count). The molecule has 0 amide bonds. The number of benzene rings is 3. The first-order chi connectivity index (χ1) is 16.6. The van der Waals surface area contributed by atoms with Gasteiger partial charge < -0.3 is 9.84 Å². The lowest BCUT2D eigenvalue weighted by Gasteiger charge is -2.22. The van der Waals surface area contributed by atoms with E-state index >= 15 is 0 Å². The molecule has 0 unspecified atom stereocenters. The minimum atomic E-state index is -0.857. The maximum atomic E-state index is 13.2. The van der Waals surface area contributed by atoms with Crippen LogP contribution >= 0.6 is 0 Å². The molecule has 3 aromatic rings. The molecular formula is C30H22O4. The number of carbonyl (C=O) groups is 2. The first kappa shape index (κ1) is 20.4. The van der Waals surface area contributed by atoms with Crippen molar-refractivity contribution in [2.24, 2.45) is 0 Å². The van der Waals surface area contributed by atoms with Gasteiger partial charge in [0.05, 0.1) is 6.42 Å². The molecule has 34 heavy (non-hydrogen) atoms. The molecule has 1 heterocycles. The van der Waals surface area contributed by atoms with E-state index in [1.54, 1.807) is 12.1 Å². The van der Waals surface area contributed by atoms with Gasteiger partial charge >= 0.3 is 5.97 Å². The van der Waals surface area contributed by atoms with Gasteiger partial charge in [0.25, 0.3) is 0 Å². The number of ketones is 1. The Kier molecular flexibility index (Phi) is 4.80. The summed E-state index contributed by atoms with van der Waals surface area (Å²) in [5.41, 5.74) is 4.61. The average Bonchev–Trinajstić information content (AvgIpc) is 3.05. The van der Waals surface area contributed by atoms with E-state index in [1.807, 2.05) is 48.6 Å². The molecule has 1 aliphatic heterocycles. The molecule has 166 valence electrons. The van der Waals surface area contributed by atoms with E-state index in [1.165, 1.54) is 0 Å². The fraction of sp³-hybridized carbons (Fsp3) is 0.133. The van der Waals surface area contributed by atoms with E-state index < -0.39 is 5.97 Å². The first-order valence-electron chi connectivity index (χ1n) is 11.5. The molecule has 0 aromatic heterocycles. The van der Waals surface area contributed by atoms with E-state index in [0.717, 1.165) is 73.7 Å². The van der Waals surface area contributed by atoms with Crippen molar-refractivity contribution in [2.45, 2.75) is 25.7 Å². The Labute approximate surface area is 196 Å². The minimum Gasteiger partial charge on any atom is -0.481 e. The molecule has 0 spiro atoms. The molecule has 0 radical (unpaired) electrons. The Morgan fingerprint density at radius 3 is 2.71 bits per heavy atom. The number of rotatable bonds is 3. The normalized spacial score (nSPS) is 15.6. The second-order valence-electron chi connectivity index (χ2n) is 8.88. The highest BCUT2D eigenvalue weighted by Crippen LogP contribution is 2.32. The maximum absolute atomic E-state index is 13.2. The van der Waals surface area contributed by atoms with Gasteiger partial charge in [-0.2, -0.15) is 0 Å². The number of Topliss-reactive ketones (excluding diaryl/α,β-unsaturated/α-hetero) is 1. The summed E-state index contributed by atoms with van der Waals surface area (Å²) in [6.07, 6.45) is 10.3. The molecule has 3 aromatic carbocycles. The van der Waals surface area contributed by atoms with E-state index in [2.05, 4.69) is 18.2 Å². The monoisotopic (exact) mass is 446 g/mol. The third-order valence-electron chi connectivity index (χ3n) is 6.75. The Morgan fingerprint density at radius 1 is 0.971 bits per heavy atom. The van der Waals surface area contributed by atoms with Crippen LogP contribution in [0.25, 0.3) is 17.7 Å². The van der Waals surface area contributed by atoms with Crippen molar-refractivity contribution in [3.63, 3.8) is 0 Å². The highest BCUT2D eigenvalue weighted by atomic mass is 16.5. The predicted octanol–water partition coefficient (Wildman–Crippen LogP) is 4.05. The standard InChI is InChI=1S/C30H22O4/c31-26-17-19-5-1-2-7-21(19)25-13-12-22-23(8-4-9-24(22)30(25)26)28-10-3-6-20-15-18(16-29(32)33)11-14-27(20)34-28/h1-3,5-7,10-15,17H,4,8-9,16H2,(H,32,33). The van der Waals surface area contributed by atoms with Crippen LogP contribution in [0.15, 0.2) is 72.5 Å². The topological polar surface area (TPSA) is 63.6 Å². The van der Waals surface area contributed by atoms with Gasteiger partial charge in [0.1, 0.15) is 11.5 Å². The number of carbonyl (C=O) groups excluding carboxylic acids is 1. The summed E-state index contributed by atoms with van der Waals surface area (Å²) >= 11 is 0. The van der Waals surface area contributed by atoms with Gasteiger partial charge in [-0.15, -0.1) is 0 Å². The molecule has 0 atom stereocenters. The molecule has 0 fully saturated rings. The van der Waals surface area contributed by atoms with Crippen molar-refractivity contribution in [3.05, 3.63) is 116 Å². The quantitative estimate of drug-likeness (QED) is 0.659. The van der Waals surface area contributed by atoms with Crippen LogP contribution in [0.3, 0.4) is 0 Å². The molecule has 0 saturated carbocycles. The van der Waals surface area contributed by atoms with Crippen LogP contribution in [-0.4, -0.2) is 16.9 Å².